The molecule has 3 unspecified atom stereocenters. The second-order valence-electron chi connectivity index (χ2n) is 3.78. The third-order valence-corrected chi connectivity index (χ3v) is 2.29. The molecule has 82 valence electrons. The van der Waals surface area contributed by atoms with Crippen molar-refractivity contribution in [3.8, 4) is 0 Å². The van der Waals surface area contributed by atoms with E-state index >= 15 is 0 Å². The number of aliphatic hydroxyl groups is 2. The number of hydrogen-bond donors (Lipinski definition) is 4. The lowest BCUT2D eigenvalue weighted by Gasteiger charge is -2.11. The van der Waals surface area contributed by atoms with Crippen LogP contribution in [-0.4, -0.2) is 47.5 Å². The molecule has 1 fully saturated rings. The van der Waals surface area contributed by atoms with Crippen molar-refractivity contribution in [3.63, 3.8) is 0 Å². The molecule has 5 heteroatoms. The summed E-state index contributed by atoms with van der Waals surface area (Å²) in [6.07, 6.45) is 0.224. The number of amides is 1. The molecule has 4 N–H and O–H groups in total. The van der Waals surface area contributed by atoms with Crippen molar-refractivity contribution in [2.75, 3.05) is 13.1 Å². The number of rotatable bonds is 4. The SMILES string of the molecule is CC(O)CCNC(=O)C1CC(O)CN1. The molecular weight excluding hydrogens is 184 g/mol. The number of nitrogens with one attached hydrogen (secondary N) is 2. The zero-order valence-electron chi connectivity index (χ0n) is 8.36. The quantitative estimate of drug-likeness (QED) is 0.452. The summed E-state index contributed by atoms with van der Waals surface area (Å²) in [5.41, 5.74) is 0. The molecule has 1 heterocycles. The molecule has 0 spiro atoms. The van der Waals surface area contributed by atoms with Crippen molar-refractivity contribution in [2.24, 2.45) is 0 Å². The first-order valence-electron chi connectivity index (χ1n) is 4.97. The van der Waals surface area contributed by atoms with Crippen molar-refractivity contribution in [2.45, 2.75) is 38.0 Å². The fourth-order valence-corrected chi connectivity index (χ4v) is 1.44. The predicted octanol–water partition coefficient (Wildman–Crippen LogP) is -1.40. The van der Waals surface area contributed by atoms with E-state index in [4.69, 9.17) is 5.11 Å². The van der Waals surface area contributed by atoms with E-state index in [1.54, 1.807) is 6.92 Å². The summed E-state index contributed by atoms with van der Waals surface area (Å²) in [7, 11) is 0. The summed E-state index contributed by atoms with van der Waals surface area (Å²) in [4.78, 5) is 11.4. The topological polar surface area (TPSA) is 81.6 Å². The number of carbonyl (C=O) groups is 1. The number of aliphatic hydroxyl groups excluding tert-OH is 2. The standard InChI is InChI=1S/C9H18N2O3/c1-6(12)2-3-10-9(14)8-4-7(13)5-11-8/h6-8,11-13H,2-5H2,1H3,(H,10,14). The lowest BCUT2D eigenvalue weighted by molar-refractivity contribution is -0.123. The van der Waals surface area contributed by atoms with Gasteiger partial charge in [0.1, 0.15) is 0 Å². The molecule has 1 rings (SSSR count). The van der Waals surface area contributed by atoms with Crippen LogP contribution >= 0.6 is 0 Å². The van der Waals surface area contributed by atoms with Gasteiger partial charge in [0.25, 0.3) is 0 Å². The summed E-state index contributed by atoms with van der Waals surface area (Å²) in [6, 6.07) is -0.279. The number of β-amino-alcohol motifs (C(OH)–C–C–N with tert-alkyl or cyclic N) is 1. The Bertz CT molecular complexity index is 196. The molecule has 0 aromatic heterocycles. The van der Waals surface area contributed by atoms with Crippen molar-refractivity contribution in [1.82, 2.24) is 10.6 Å². The van der Waals surface area contributed by atoms with Crippen LogP contribution in [0, 0.1) is 0 Å². The average molecular weight is 202 g/mol. The third-order valence-electron chi connectivity index (χ3n) is 2.29. The second-order valence-corrected chi connectivity index (χ2v) is 3.78. The molecule has 14 heavy (non-hydrogen) atoms. The van der Waals surface area contributed by atoms with Gasteiger partial charge in [-0.1, -0.05) is 0 Å². The van der Waals surface area contributed by atoms with Crippen LogP contribution in [0.3, 0.4) is 0 Å². The van der Waals surface area contributed by atoms with Gasteiger partial charge >= 0.3 is 0 Å². The molecule has 0 bridgehead atoms. The Morgan fingerprint density at radius 1 is 1.71 bits per heavy atom. The third kappa shape index (κ3) is 3.61. The molecule has 0 aromatic carbocycles. The van der Waals surface area contributed by atoms with Crippen molar-refractivity contribution >= 4 is 5.91 Å². The average Bonchev–Trinajstić information content (AvgIpc) is 2.51. The zero-order chi connectivity index (χ0) is 10.6. The number of hydrogen-bond acceptors (Lipinski definition) is 4. The van der Waals surface area contributed by atoms with Gasteiger partial charge in [0.15, 0.2) is 0 Å². The molecule has 1 saturated heterocycles. The maximum Gasteiger partial charge on any atom is 0.237 e. The van der Waals surface area contributed by atoms with Crippen LogP contribution < -0.4 is 10.6 Å². The van der Waals surface area contributed by atoms with Gasteiger partial charge in [-0.15, -0.1) is 0 Å². The maximum absolute atomic E-state index is 11.4. The van der Waals surface area contributed by atoms with E-state index in [1.165, 1.54) is 0 Å². The van der Waals surface area contributed by atoms with Crippen LogP contribution in [0.1, 0.15) is 19.8 Å². The van der Waals surface area contributed by atoms with E-state index in [1.807, 2.05) is 0 Å². The smallest absolute Gasteiger partial charge is 0.237 e. The highest BCUT2D eigenvalue weighted by atomic mass is 16.3. The Hall–Kier alpha value is -0.650. The lowest BCUT2D eigenvalue weighted by Crippen LogP contribution is -2.41. The minimum atomic E-state index is -0.414. The highest BCUT2D eigenvalue weighted by molar-refractivity contribution is 5.82. The van der Waals surface area contributed by atoms with Crippen molar-refractivity contribution in [1.29, 1.82) is 0 Å². The first-order chi connectivity index (χ1) is 6.59. The van der Waals surface area contributed by atoms with Crippen molar-refractivity contribution in [3.05, 3.63) is 0 Å². The Labute approximate surface area is 83.5 Å². The molecule has 0 aliphatic carbocycles. The summed E-state index contributed by atoms with van der Waals surface area (Å²) in [5, 5.41) is 23.8. The van der Waals surface area contributed by atoms with Crippen LogP contribution in [0.25, 0.3) is 0 Å². The normalized spacial score (nSPS) is 28.8. The van der Waals surface area contributed by atoms with E-state index in [0.717, 1.165) is 0 Å². The van der Waals surface area contributed by atoms with Crippen LogP contribution in [0.2, 0.25) is 0 Å². The van der Waals surface area contributed by atoms with Crippen LogP contribution in [0.4, 0.5) is 0 Å². The lowest BCUT2D eigenvalue weighted by atomic mass is 10.2. The monoisotopic (exact) mass is 202 g/mol. The minimum absolute atomic E-state index is 0.0952. The zero-order valence-corrected chi connectivity index (χ0v) is 8.36. The fourth-order valence-electron chi connectivity index (χ4n) is 1.44. The number of carbonyl (C=O) groups excluding carboxylic acids is 1. The molecule has 1 aliphatic heterocycles. The summed E-state index contributed by atoms with van der Waals surface area (Å²) in [6.45, 7) is 2.64. The van der Waals surface area contributed by atoms with Gasteiger partial charge in [-0.3, -0.25) is 4.79 Å². The molecule has 5 nitrogen and oxygen atoms in total. The van der Waals surface area contributed by atoms with E-state index < -0.39 is 12.2 Å². The van der Waals surface area contributed by atoms with Gasteiger partial charge in [0, 0.05) is 13.1 Å². The van der Waals surface area contributed by atoms with Gasteiger partial charge in [-0.2, -0.15) is 0 Å². The fraction of sp³-hybridized carbons (Fsp3) is 0.889. The largest absolute Gasteiger partial charge is 0.393 e. The minimum Gasteiger partial charge on any atom is -0.393 e. The molecule has 0 saturated carbocycles. The van der Waals surface area contributed by atoms with E-state index in [0.29, 0.717) is 25.9 Å². The summed E-state index contributed by atoms with van der Waals surface area (Å²) in [5.74, 6) is -0.0952. The van der Waals surface area contributed by atoms with E-state index in [9.17, 15) is 9.90 Å². The molecule has 0 aromatic rings. The first kappa shape index (κ1) is 11.4. The molecule has 1 amide bonds. The van der Waals surface area contributed by atoms with Gasteiger partial charge in [0.05, 0.1) is 18.2 Å². The van der Waals surface area contributed by atoms with E-state index in [-0.39, 0.29) is 11.9 Å². The Morgan fingerprint density at radius 3 is 2.93 bits per heavy atom. The van der Waals surface area contributed by atoms with E-state index in [2.05, 4.69) is 10.6 Å². The molecule has 3 atom stereocenters. The Kier molecular flexibility index (Phi) is 4.31. The summed E-state index contributed by atoms with van der Waals surface area (Å²) < 4.78 is 0. The molecule has 1 aliphatic rings. The van der Waals surface area contributed by atoms with Crippen molar-refractivity contribution < 1.29 is 15.0 Å². The van der Waals surface area contributed by atoms with Crippen LogP contribution in [-0.2, 0) is 4.79 Å². The Morgan fingerprint density at radius 2 is 2.43 bits per heavy atom. The highest BCUT2D eigenvalue weighted by Gasteiger charge is 2.27. The van der Waals surface area contributed by atoms with Gasteiger partial charge in [-0.05, 0) is 19.8 Å². The molecular formula is C9H18N2O3. The summed E-state index contributed by atoms with van der Waals surface area (Å²) >= 11 is 0. The van der Waals surface area contributed by atoms with Crippen LogP contribution in [0.15, 0.2) is 0 Å². The maximum atomic E-state index is 11.4. The van der Waals surface area contributed by atoms with Gasteiger partial charge in [0.2, 0.25) is 5.91 Å². The highest BCUT2D eigenvalue weighted by Crippen LogP contribution is 2.05. The predicted molar refractivity (Wildman–Crippen MR) is 51.7 cm³/mol. The first-order valence-corrected chi connectivity index (χ1v) is 4.97. The second kappa shape index (κ2) is 5.29. The van der Waals surface area contributed by atoms with Crippen LogP contribution in [0.5, 0.6) is 0 Å². The Balaban J connectivity index is 2.15. The van der Waals surface area contributed by atoms with Gasteiger partial charge < -0.3 is 20.8 Å². The molecule has 0 radical (unpaired) electrons. The van der Waals surface area contributed by atoms with Gasteiger partial charge in [-0.25, -0.2) is 0 Å².